The maximum absolute atomic E-state index is 13.4. The number of nitrogens with two attached hydrogens (primary N) is 1. The van der Waals surface area contributed by atoms with Crippen LogP contribution in [-0.2, 0) is 19.1 Å². The summed E-state index contributed by atoms with van der Waals surface area (Å²) in [5, 5.41) is 0. The van der Waals surface area contributed by atoms with Crippen molar-refractivity contribution < 1.29 is 23.5 Å². The van der Waals surface area contributed by atoms with Crippen molar-refractivity contribution in [1.29, 1.82) is 0 Å². The minimum absolute atomic E-state index is 0.0676. The molecule has 6 heteroatoms. The summed E-state index contributed by atoms with van der Waals surface area (Å²) >= 11 is 0. The van der Waals surface area contributed by atoms with E-state index in [-0.39, 0.29) is 29.3 Å². The summed E-state index contributed by atoms with van der Waals surface area (Å²) < 4.78 is 24.2. The largest absolute Gasteiger partial charge is 0.462 e. The summed E-state index contributed by atoms with van der Waals surface area (Å²) in [5.41, 5.74) is 6.88. The molecule has 3 rings (SSSR count). The highest BCUT2D eigenvalue weighted by Crippen LogP contribution is 2.48. The van der Waals surface area contributed by atoms with Crippen molar-refractivity contribution in [3.8, 4) is 0 Å². The van der Waals surface area contributed by atoms with E-state index < -0.39 is 17.7 Å². The number of carbonyl (C=O) groups is 2. The fraction of sp³-hybridized carbons (Fsp3) is 0.400. The van der Waals surface area contributed by atoms with E-state index in [1.54, 1.807) is 19.1 Å². The van der Waals surface area contributed by atoms with Crippen LogP contribution in [0.25, 0.3) is 0 Å². The van der Waals surface area contributed by atoms with Crippen molar-refractivity contribution in [3.63, 3.8) is 0 Å². The van der Waals surface area contributed by atoms with Gasteiger partial charge in [-0.05, 0) is 30.0 Å². The van der Waals surface area contributed by atoms with Gasteiger partial charge in [0.2, 0.25) is 5.88 Å². The van der Waals surface area contributed by atoms with Gasteiger partial charge in [0.25, 0.3) is 0 Å². The van der Waals surface area contributed by atoms with Crippen LogP contribution in [0.15, 0.2) is 47.1 Å². The van der Waals surface area contributed by atoms with Crippen molar-refractivity contribution >= 4 is 11.8 Å². The lowest BCUT2D eigenvalue weighted by Crippen LogP contribution is -2.35. The van der Waals surface area contributed by atoms with Crippen LogP contribution in [0.2, 0.25) is 0 Å². The molecule has 0 aromatic heterocycles. The summed E-state index contributed by atoms with van der Waals surface area (Å²) in [5.74, 6) is -1.45. The third-order valence-electron chi connectivity index (χ3n) is 4.65. The number of rotatable bonds is 3. The molecule has 0 amide bonds. The van der Waals surface area contributed by atoms with Gasteiger partial charge in [-0.3, -0.25) is 4.79 Å². The zero-order valence-electron chi connectivity index (χ0n) is 15.1. The molecule has 1 aliphatic heterocycles. The molecule has 1 aromatic carbocycles. The van der Waals surface area contributed by atoms with Gasteiger partial charge in [0.1, 0.15) is 17.1 Å². The normalized spacial score (nSPS) is 22.0. The van der Waals surface area contributed by atoms with E-state index in [2.05, 4.69) is 0 Å². The molecule has 26 heavy (non-hydrogen) atoms. The Balaban J connectivity index is 2.17. The highest BCUT2D eigenvalue weighted by atomic mass is 19.1. The second-order valence-corrected chi connectivity index (χ2v) is 7.36. The van der Waals surface area contributed by atoms with Gasteiger partial charge in [-0.2, -0.15) is 0 Å². The summed E-state index contributed by atoms with van der Waals surface area (Å²) in [6.45, 7) is 5.81. The van der Waals surface area contributed by atoms with Gasteiger partial charge in [0.15, 0.2) is 5.78 Å². The Bertz CT molecular complexity index is 821. The number of hydrogen-bond donors (Lipinski definition) is 1. The van der Waals surface area contributed by atoms with Crippen LogP contribution in [0.4, 0.5) is 4.39 Å². The van der Waals surface area contributed by atoms with Crippen LogP contribution in [-0.4, -0.2) is 18.4 Å². The molecule has 2 N–H and O–H groups in total. The number of halogens is 1. The maximum Gasteiger partial charge on any atom is 0.340 e. The topological polar surface area (TPSA) is 78.6 Å². The zero-order chi connectivity index (χ0) is 19.1. The Morgan fingerprint density at radius 2 is 1.96 bits per heavy atom. The Kier molecular flexibility index (Phi) is 4.61. The molecule has 1 aromatic rings. The Morgan fingerprint density at radius 1 is 1.31 bits per heavy atom. The van der Waals surface area contributed by atoms with Crippen LogP contribution >= 0.6 is 0 Å². The highest BCUT2D eigenvalue weighted by Gasteiger charge is 2.44. The van der Waals surface area contributed by atoms with Gasteiger partial charge in [-0.1, -0.05) is 26.0 Å². The second kappa shape index (κ2) is 6.59. The van der Waals surface area contributed by atoms with E-state index in [4.69, 9.17) is 15.2 Å². The second-order valence-electron chi connectivity index (χ2n) is 7.36. The molecule has 0 fully saturated rings. The number of hydrogen-bond acceptors (Lipinski definition) is 5. The molecule has 0 spiro atoms. The molecule has 5 nitrogen and oxygen atoms in total. The van der Waals surface area contributed by atoms with Gasteiger partial charge in [0.05, 0.1) is 12.5 Å². The smallest absolute Gasteiger partial charge is 0.340 e. The molecule has 0 radical (unpaired) electrons. The predicted octanol–water partition coefficient (Wildman–Crippen LogP) is 3.32. The fourth-order valence-electron chi connectivity index (χ4n) is 3.58. The number of ketones is 1. The number of Topliss-reactive ketones (excluding diaryl/α,β-unsaturated/α-hetero) is 1. The van der Waals surface area contributed by atoms with Crippen LogP contribution in [0, 0.1) is 11.2 Å². The summed E-state index contributed by atoms with van der Waals surface area (Å²) in [4.78, 5) is 25.4. The van der Waals surface area contributed by atoms with Gasteiger partial charge in [-0.15, -0.1) is 0 Å². The number of benzene rings is 1. The molecule has 0 saturated carbocycles. The van der Waals surface area contributed by atoms with Crippen LogP contribution in [0.1, 0.15) is 45.1 Å². The third kappa shape index (κ3) is 3.23. The Labute approximate surface area is 151 Å². The number of carbonyl (C=O) groups excluding carboxylic acids is 2. The van der Waals surface area contributed by atoms with Gasteiger partial charge < -0.3 is 15.2 Å². The van der Waals surface area contributed by atoms with Crippen LogP contribution in [0.5, 0.6) is 0 Å². The molecule has 1 heterocycles. The minimum atomic E-state index is -0.720. The molecule has 1 aliphatic carbocycles. The lowest BCUT2D eigenvalue weighted by molar-refractivity contribution is -0.139. The Morgan fingerprint density at radius 3 is 2.58 bits per heavy atom. The number of allylic oxidation sites excluding steroid dienone is 2. The van der Waals surface area contributed by atoms with Gasteiger partial charge in [-0.25, -0.2) is 9.18 Å². The zero-order valence-corrected chi connectivity index (χ0v) is 15.1. The Hall–Kier alpha value is -2.63. The average molecular weight is 359 g/mol. The third-order valence-corrected chi connectivity index (χ3v) is 4.65. The van der Waals surface area contributed by atoms with Gasteiger partial charge >= 0.3 is 5.97 Å². The monoisotopic (exact) mass is 359 g/mol. The quantitative estimate of drug-likeness (QED) is 0.838. The summed E-state index contributed by atoms with van der Waals surface area (Å²) in [6.07, 6.45) is 0.867. The van der Waals surface area contributed by atoms with Gasteiger partial charge in [0, 0.05) is 18.4 Å². The van der Waals surface area contributed by atoms with Crippen LogP contribution < -0.4 is 5.73 Å². The summed E-state index contributed by atoms with van der Waals surface area (Å²) in [6, 6.07) is 5.69. The van der Waals surface area contributed by atoms with Crippen molar-refractivity contribution in [2.24, 2.45) is 11.1 Å². The SMILES string of the molecule is CCOC(=O)C1=C(N)OC2=C(C(=O)CC(C)(C)C2)[C@@H]1c1ccc(F)cc1. The standard InChI is InChI=1S/C20H22FNO4/c1-4-25-19(24)17-15(11-5-7-12(21)8-6-11)16-13(23)9-20(2,3)10-14(16)26-18(17)22/h5-8,15H,4,9-10,22H2,1-3H3/t15-/m0/s1. The van der Waals surface area contributed by atoms with Crippen molar-refractivity contribution in [3.05, 3.63) is 58.4 Å². The lowest BCUT2D eigenvalue weighted by Gasteiger charge is -2.37. The van der Waals surface area contributed by atoms with E-state index in [1.807, 2.05) is 13.8 Å². The number of ether oxygens (including phenoxy) is 2. The maximum atomic E-state index is 13.4. The molecular weight excluding hydrogens is 337 g/mol. The van der Waals surface area contributed by atoms with E-state index in [9.17, 15) is 14.0 Å². The first kappa shape index (κ1) is 18.2. The van der Waals surface area contributed by atoms with E-state index in [1.165, 1.54) is 12.1 Å². The molecule has 1 atom stereocenters. The van der Waals surface area contributed by atoms with Crippen molar-refractivity contribution in [1.82, 2.24) is 0 Å². The molecule has 138 valence electrons. The highest BCUT2D eigenvalue weighted by molar-refractivity contribution is 6.03. The first-order chi connectivity index (χ1) is 12.2. The number of esters is 1. The predicted molar refractivity (Wildman–Crippen MR) is 93.1 cm³/mol. The van der Waals surface area contributed by atoms with Crippen molar-refractivity contribution in [2.45, 2.75) is 39.5 Å². The van der Waals surface area contributed by atoms with Crippen LogP contribution in [0.3, 0.4) is 0 Å². The molecule has 2 aliphatic rings. The molecule has 0 unspecified atom stereocenters. The van der Waals surface area contributed by atoms with E-state index in [0.29, 0.717) is 29.7 Å². The first-order valence-electron chi connectivity index (χ1n) is 8.60. The molecular formula is C20H22FNO4. The van der Waals surface area contributed by atoms with Crippen molar-refractivity contribution in [2.75, 3.05) is 6.61 Å². The summed E-state index contributed by atoms with van der Waals surface area (Å²) in [7, 11) is 0. The molecule has 0 bridgehead atoms. The minimum Gasteiger partial charge on any atom is -0.462 e. The fourth-order valence-corrected chi connectivity index (χ4v) is 3.58. The van der Waals surface area contributed by atoms with E-state index >= 15 is 0 Å². The lowest BCUT2D eigenvalue weighted by atomic mass is 9.70. The first-order valence-corrected chi connectivity index (χ1v) is 8.60. The molecule has 0 saturated heterocycles. The van der Waals surface area contributed by atoms with E-state index in [0.717, 1.165) is 0 Å². The average Bonchev–Trinajstić information content (AvgIpc) is 2.53.